The third-order valence-electron chi connectivity index (χ3n) is 3.52. The van der Waals surface area contributed by atoms with E-state index in [-0.39, 0.29) is 12.3 Å². The van der Waals surface area contributed by atoms with Crippen LogP contribution < -0.4 is 11.1 Å². The van der Waals surface area contributed by atoms with E-state index in [1.807, 2.05) is 0 Å². The van der Waals surface area contributed by atoms with Gasteiger partial charge in [-0.25, -0.2) is 8.42 Å². The molecule has 110 valence electrons. The van der Waals surface area contributed by atoms with Gasteiger partial charge in [0.2, 0.25) is 0 Å². The minimum atomic E-state index is -3.25. The van der Waals surface area contributed by atoms with Crippen LogP contribution in [0.5, 0.6) is 0 Å². The van der Waals surface area contributed by atoms with E-state index in [1.54, 1.807) is 30.3 Å². The van der Waals surface area contributed by atoms with Crippen molar-refractivity contribution in [2.45, 2.75) is 24.2 Å². The predicted octanol–water partition coefficient (Wildman–Crippen LogP) is 1.16. The average molecular weight is 295 g/mol. The van der Waals surface area contributed by atoms with Gasteiger partial charge in [0.1, 0.15) is 0 Å². The average Bonchev–Trinajstić information content (AvgIpc) is 2.38. The maximum atomic E-state index is 12.0. The Kier molecular flexibility index (Phi) is 5.00. The molecule has 6 heteroatoms. The molecule has 0 radical (unpaired) electrons. The number of benzene rings is 1. The maximum Gasteiger partial charge on any atom is 0.188 e. The van der Waals surface area contributed by atoms with Crippen molar-refractivity contribution >= 4 is 15.8 Å². The molecule has 1 aromatic rings. The number of rotatable bonds is 6. The Morgan fingerprint density at radius 3 is 2.60 bits per heavy atom. The first-order valence-corrected chi connectivity index (χ1v) is 8.55. The summed E-state index contributed by atoms with van der Waals surface area (Å²) in [6.45, 7) is 1.02. The first-order chi connectivity index (χ1) is 9.58. The summed E-state index contributed by atoms with van der Waals surface area (Å²) in [5, 5.41) is 2.86. The predicted molar refractivity (Wildman–Crippen MR) is 80.3 cm³/mol. The van der Waals surface area contributed by atoms with E-state index < -0.39 is 9.84 Å². The smallest absolute Gasteiger partial charge is 0.188 e. The lowest BCUT2D eigenvalue weighted by Crippen LogP contribution is -2.36. The van der Waals surface area contributed by atoms with E-state index in [0.717, 1.165) is 6.54 Å². The lowest BCUT2D eigenvalue weighted by molar-refractivity contribution is 0.326. The van der Waals surface area contributed by atoms with Crippen molar-refractivity contribution in [2.24, 2.45) is 16.6 Å². The largest absolute Gasteiger partial charge is 0.370 e. The summed E-state index contributed by atoms with van der Waals surface area (Å²) in [4.78, 5) is 4.57. The Hall–Kier alpha value is -1.56. The van der Waals surface area contributed by atoms with Crippen molar-refractivity contribution < 1.29 is 8.42 Å². The fourth-order valence-corrected chi connectivity index (χ4v) is 3.20. The Morgan fingerprint density at radius 1 is 1.30 bits per heavy atom. The van der Waals surface area contributed by atoms with Crippen molar-refractivity contribution in [1.82, 2.24) is 5.32 Å². The molecule has 0 heterocycles. The van der Waals surface area contributed by atoms with E-state index in [0.29, 0.717) is 16.8 Å². The zero-order chi connectivity index (χ0) is 14.4. The second-order valence-electron chi connectivity index (χ2n) is 5.08. The number of aliphatic imine (C=N–C) groups is 1. The molecular weight excluding hydrogens is 274 g/mol. The van der Waals surface area contributed by atoms with Crippen LogP contribution in [0.4, 0.5) is 0 Å². The van der Waals surface area contributed by atoms with E-state index in [2.05, 4.69) is 10.3 Å². The van der Waals surface area contributed by atoms with Crippen LogP contribution in [0.1, 0.15) is 19.3 Å². The van der Waals surface area contributed by atoms with Gasteiger partial charge in [-0.05, 0) is 30.9 Å². The number of hydrogen-bond acceptors (Lipinski definition) is 3. The molecule has 0 unspecified atom stereocenters. The van der Waals surface area contributed by atoms with E-state index in [9.17, 15) is 8.42 Å². The normalized spacial score (nSPS) is 16.7. The highest BCUT2D eigenvalue weighted by molar-refractivity contribution is 7.91. The summed E-state index contributed by atoms with van der Waals surface area (Å²) < 4.78 is 24.0. The van der Waals surface area contributed by atoms with Gasteiger partial charge in [-0.3, -0.25) is 4.99 Å². The molecular formula is C14H21N3O2S. The third kappa shape index (κ3) is 4.23. The Bertz CT molecular complexity index is 551. The van der Waals surface area contributed by atoms with E-state index >= 15 is 0 Å². The second kappa shape index (κ2) is 6.74. The highest BCUT2D eigenvalue weighted by Crippen LogP contribution is 2.26. The van der Waals surface area contributed by atoms with Crippen LogP contribution in [0, 0.1) is 5.92 Å². The van der Waals surface area contributed by atoms with Crippen molar-refractivity contribution in [3.63, 3.8) is 0 Å². The zero-order valence-electron chi connectivity index (χ0n) is 11.5. The third-order valence-corrected chi connectivity index (χ3v) is 5.26. The number of sulfone groups is 1. The fourth-order valence-electron chi connectivity index (χ4n) is 2.02. The Labute approximate surface area is 120 Å². The van der Waals surface area contributed by atoms with Crippen LogP contribution in [0.2, 0.25) is 0 Å². The Morgan fingerprint density at radius 2 is 2.00 bits per heavy atom. The number of guanidine groups is 1. The molecule has 1 aromatic carbocycles. The molecule has 0 atom stereocenters. The van der Waals surface area contributed by atoms with E-state index in [1.165, 1.54) is 19.3 Å². The molecule has 0 aromatic heterocycles. The molecule has 0 amide bonds. The van der Waals surface area contributed by atoms with Gasteiger partial charge >= 0.3 is 0 Å². The van der Waals surface area contributed by atoms with Gasteiger partial charge in [0, 0.05) is 13.1 Å². The quantitative estimate of drug-likeness (QED) is 0.609. The number of hydrogen-bond donors (Lipinski definition) is 2. The summed E-state index contributed by atoms with van der Waals surface area (Å²) >= 11 is 0. The standard InChI is InChI=1S/C14H21N3O2S/c15-14(17-11-12-5-4-6-12)16-9-10-20(18,19)13-7-2-1-3-8-13/h1-3,7-8,12H,4-6,9-11H2,(H3,15,16,17). The molecule has 0 spiro atoms. The summed E-state index contributed by atoms with van der Waals surface area (Å²) in [6, 6.07) is 8.43. The lowest BCUT2D eigenvalue weighted by atomic mass is 9.86. The van der Waals surface area contributed by atoms with Crippen molar-refractivity contribution in [3.8, 4) is 0 Å². The number of nitrogens with zero attached hydrogens (tertiary/aromatic N) is 1. The SMILES string of the molecule is NC(=NCC1CCC1)NCCS(=O)(=O)c1ccccc1. The van der Waals surface area contributed by atoms with Gasteiger partial charge in [-0.2, -0.15) is 0 Å². The molecule has 0 aliphatic heterocycles. The lowest BCUT2D eigenvalue weighted by Gasteiger charge is -2.23. The number of nitrogens with one attached hydrogen (secondary N) is 1. The molecule has 1 saturated carbocycles. The summed E-state index contributed by atoms with van der Waals surface area (Å²) in [5.74, 6) is 1.000. The number of nitrogens with two attached hydrogens (primary N) is 1. The summed E-state index contributed by atoms with van der Waals surface area (Å²) in [5.41, 5.74) is 5.71. The van der Waals surface area contributed by atoms with Gasteiger partial charge in [-0.15, -0.1) is 0 Å². The summed E-state index contributed by atoms with van der Waals surface area (Å²) in [7, 11) is -3.25. The van der Waals surface area contributed by atoms with Crippen LogP contribution in [0.3, 0.4) is 0 Å². The molecule has 3 N–H and O–H groups in total. The van der Waals surface area contributed by atoms with Crippen LogP contribution >= 0.6 is 0 Å². The van der Waals surface area contributed by atoms with Crippen LogP contribution in [0.15, 0.2) is 40.2 Å². The monoisotopic (exact) mass is 295 g/mol. The molecule has 5 nitrogen and oxygen atoms in total. The Balaban J connectivity index is 1.77. The van der Waals surface area contributed by atoms with Crippen LogP contribution in [-0.2, 0) is 9.84 Å². The minimum absolute atomic E-state index is 0.0106. The second-order valence-corrected chi connectivity index (χ2v) is 7.19. The van der Waals surface area contributed by atoms with Gasteiger partial charge < -0.3 is 11.1 Å². The van der Waals surface area contributed by atoms with Crippen LogP contribution in [0.25, 0.3) is 0 Å². The van der Waals surface area contributed by atoms with Gasteiger partial charge in [0.05, 0.1) is 10.6 Å². The fraction of sp³-hybridized carbons (Fsp3) is 0.500. The summed E-state index contributed by atoms with van der Waals surface area (Å²) in [6.07, 6.45) is 3.72. The molecule has 1 aliphatic rings. The molecule has 0 bridgehead atoms. The van der Waals surface area contributed by atoms with Gasteiger partial charge in [-0.1, -0.05) is 24.6 Å². The highest BCUT2D eigenvalue weighted by Gasteiger charge is 2.16. The minimum Gasteiger partial charge on any atom is -0.370 e. The highest BCUT2D eigenvalue weighted by atomic mass is 32.2. The van der Waals surface area contributed by atoms with Crippen molar-refractivity contribution in [2.75, 3.05) is 18.8 Å². The van der Waals surface area contributed by atoms with Crippen molar-refractivity contribution in [3.05, 3.63) is 30.3 Å². The van der Waals surface area contributed by atoms with Gasteiger partial charge in [0.25, 0.3) is 0 Å². The maximum absolute atomic E-state index is 12.0. The zero-order valence-corrected chi connectivity index (χ0v) is 12.3. The molecule has 1 fully saturated rings. The van der Waals surface area contributed by atoms with Gasteiger partial charge in [0.15, 0.2) is 15.8 Å². The molecule has 0 saturated heterocycles. The van der Waals surface area contributed by atoms with Crippen LogP contribution in [-0.4, -0.2) is 33.2 Å². The first kappa shape index (κ1) is 14.8. The topological polar surface area (TPSA) is 84.5 Å². The first-order valence-electron chi connectivity index (χ1n) is 6.89. The molecule has 20 heavy (non-hydrogen) atoms. The van der Waals surface area contributed by atoms with E-state index in [4.69, 9.17) is 5.73 Å². The van der Waals surface area contributed by atoms with Crippen molar-refractivity contribution in [1.29, 1.82) is 0 Å². The molecule has 1 aliphatic carbocycles. The molecule has 2 rings (SSSR count).